The monoisotopic (exact) mass is 451 g/mol. The van der Waals surface area contributed by atoms with Crippen LogP contribution in [0, 0.1) is 0 Å². The number of hydrogen-bond donors (Lipinski definition) is 0. The molecular formula is C20H44O4Rh. The van der Waals surface area contributed by atoms with Crippen LogP contribution in [0.5, 0.6) is 0 Å². The summed E-state index contributed by atoms with van der Waals surface area (Å²) in [6.07, 6.45) is 13.6. The van der Waals surface area contributed by atoms with E-state index in [9.17, 15) is 0 Å². The quantitative estimate of drug-likeness (QED) is 0.154. The van der Waals surface area contributed by atoms with Crippen LogP contribution in [0.4, 0.5) is 0 Å². The van der Waals surface area contributed by atoms with Crippen molar-refractivity contribution in [1.82, 2.24) is 0 Å². The van der Waals surface area contributed by atoms with Crippen molar-refractivity contribution in [1.29, 1.82) is 0 Å². The van der Waals surface area contributed by atoms with Crippen LogP contribution in [0.3, 0.4) is 0 Å². The molecule has 0 aliphatic carbocycles. The zero-order valence-electron chi connectivity index (χ0n) is 17.3. The molecule has 0 unspecified atom stereocenters. The predicted molar refractivity (Wildman–Crippen MR) is 102 cm³/mol. The second-order valence-electron chi connectivity index (χ2n) is 6.36. The molecule has 0 aromatic rings. The summed E-state index contributed by atoms with van der Waals surface area (Å²) in [5, 5.41) is 0. The molecule has 0 heterocycles. The van der Waals surface area contributed by atoms with E-state index in [4.69, 9.17) is 14.3 Å². The van der Waals surface area contributed by atoms with Gasteiger partial charge in [0, 0.05) is 0 Å². The molecule has 0 aliphatic heterocycles. The minimum absolute atomic E-state index is 0.685. The van der Waals surface area contributed by atoms with Crippen LogP contribution in [0.1, 0.15) is 105 Å². The van der Waals surface area contributed by atoms with Gasteiger partial charge in [0.1, 0.15) is 0 Å². The van der Waals surface area contributed by atoms with E-state index >= 15 is 0 Å². The number of hydrogen-bond acceptors (Lipinski definition) is 4. The second-order valence-corrected chi connectivity index (χ2v) is 9.89. The minimum atomic E-state index is -3.25. The number of unbranched alkanes of at least 4 members (excludes halogenated alkanes) is 8. The summed E-state index contributed by atoms with van der Waals surface area (Å²) >= 11 is -3.25. The van der Waals surface area contributed by atoms with Crippen LogP contribution < -0.4 is 0 Å². The van der Waals surface area contributed by atoms with E-state index in [0.29, 0.717) is 26.4 Å². The first-order valence-corrected chi connectivity index (χ1v) is 13.2. The molecule has 0 saturated heterocycles. The fourth-order valence-corrected chi connectivity index (χ4v) is 5.50. The van der Waals surface area contributed by atoms with Gasteiger partial charge in [0.05, 0.1) is 0 Å². The van der Waals surface area contributed by atoms with Crippen LogP contribution >= 0.6 is 0 Å². The Morgan fingerprint density at radius 1 is 0.400 bits per heavy atom. The van der Waals surface area contributed by atoms with Crippen LogP contribution in [0.25, 0.3) is 0 Å². The van der Waals surface area contributed by atoms with Crippen molar-refractivity contribution >= 4 is 0 Å². The Morgan fingerprint density at radius 3 is 0.840 bits per heavy atom. The molecule has 0 spiro atoms. The Balaban J connectivity index is 4.62. The Bertz CT molecular complexity index is 211. The van der Waals surface area contributed by atoms with Gasteiger partial charge in [0.15, 0.2) is 0 Å². The summed E-state index contributed by atoms with van der Waals surface area (Å²) in [4.78, 5) is 0. The fraction of sp³-hybridized carbons (Fsp3) is 1.00. The molecule has 0 N–H and O–H groups in total. The maximum absolute atomic E-state index is 6.17. The average Bonchev–Trinajstić information content (AvgIpc) is 2.63. The van der Waals surface area contributed by atoms with Crippen molar-refractivity contribution in [2.45, 2.75) is 105 Å². The Labute approximate surface area is 161 Å². The zero-order chi connectivity index (χ0) is 18.6. The van der Waals surface area contributed by atoms with Gasteiger partial charge in [-0.3, -0.25) is 0 Å². The third kappa shape index (κ3) is 15.2. The van der Waals surface area contributed by atoms with Crippen molar-refractivity contribution in [3.05, 3.63) is 0 Å². The Kier molecular flexibility index (Phi) is 19.6. The molecule has 0 aromatic carbocycles. The molecule has 0 saturated carbocycles. The van der Waals surface area contributed by atoms with E-state index in [2.05, 4.69) is 27.7 Å². The van der Waals surface area contributed by atoms with Gasteiger partial charge in [-0.2, -0.15) is 0 Å². The van der Waals surface area contributed by atoms with Crippen LogP contribution in [-0.4, -0.2) is 26.4 Å². The second kappa shape index (κ2) is 19.2. The third-order valence-electron chi connectivity index (χ3n) is 3.74. The molecule has 0 aliphatic rings. The molecule has 0 fully saturated rings. The molecule has 0 aromatic heterocycles. The molecule has 0 bridgehead atoms. The Hall–Kier alpha value is 0.463. The van der Waals surface area contributed by atoms with Crippen molar-refractivity contribution in [2.75, 3.05) is 26.4 Å². The topological polar surface area (TPSA) is 36.9 Å². The van der Waals surface area contributed by atoms with Gasteiger partial charge in [0.2, 0.25) is 0 Å². The van der Waals surface area contributed by atoms with Crippen molar-refractivity contribution in [2.24, 2.45) is 0 Å². The molecule has 157 valence electrons. The average molecular weight is 451 g/mol. The molecule has 0 rings (SSSR count). The van der Waals surface area contributed by atoms with Gasteiger partial charge in [-0.1, -0.05) is 0 Å². The normalized spacial score (nSPS) is 12.6. The van der Waals surface area contributed by atoms with E-state index in [1.165, 1.54) is 51.4 Å². The SMILES string of the molecule is CCCCC[O][Rh]([O]CCCCC)([O]CCCCC)[O]CCCCC. The van der Waals surface area contributed by atoms with E-state index in [0.717, 1.165) is 25.7 Å². The molecule has 0 amide bonds. The summed E-state index contributed by atoms with van der Waals surface area (Å²) < 4.78 is 24.7. The van der Waals surface area contributed by atoms with Crippen molar-refractivity contribution < 1.29 is 30.5 Å². The van der Waals surface area contributed by atoms with E-state index in [1.807, 2.05) is 0 Å². The van der Waals surface area contributed by atoms with Gasteiger partial charge in [-0.15, -0.1) is 0 Å². The van der Waals surface area contributed by atoms with Crippen LogP contribution in [0.15, 0.2) is 0 Å². The van der Waals surface area contributed by atoms with Gasteiger partial charge >= 0.3 is 162 Å². The fourth-order valence-electron chi connectivity index (χ4n) is 2.10. The van der Waals surface area contributed by atoms with Crippen LogP contribution in [-0.2, 0) is 30.5 Å². The van der Waals surface area contributed by atoms with Gasteiger partial charge < -0.3 is 0 Å². The first-order chi connectivity index (χ1) is 12.2. The summed E-state index contributed by atoms with van der Waals surface area (Å²) in [6.45, 7) is 11.6. The van der Waals surface area contributed by atoms with Gasteiger partial charge in [0.25, 0.3) is 0 Å². The third-order valence-corrected chi connectivity index (χ3v) is 7.39. The van der Waals surface area contributed by atoms with E-state index < -0.39 is 16.2 Å². The van der Waals surface area contributed by atoms with E-state index in [-0.39, 0.29) is 0 Å². The first kappa shape index (κ1) is 25.5. The number of rotatable bonds is 20. The van der Waals surface area contributed by atoms with E-state index in [1.54, 1.807) is 0 Å². The molecular weight excluding hydrogens is 407 g/mol. The molecule has 25 heavy (non-hydrogen) atoms. The molecule has 4 nitrogen and oxygen atoms in total. The van der Waals surface area contributed by atoms with Crippen LogP contribution in [0.2, 0.25) is 0 Å². The summed E-state index contributed by atoms with van der Waals surface area (Å²) in [5.41, 5.74) is 0. The predicted octanol–water partition coefficient (Wildman–Crippen LogP) is 6.63. The summed E-state index contributed by atoms with van der Waals surface area (Å²) in [5.74, 6) is 0. The maximum atomic E-state index is 6.17. The van der Waals surface area contributed by atoms with Gasteiger partial charge in [-0.05, 0) is 0 Å². The standard InChI is InChI=1S/4C5H11O.Rh/c4*1-2-3-4-5-6;/h4*2-5H2,1H3;/q4*-1;+4. The first-order valence-electron chi connectivity index (χ1n) is 10.5. The molecule has 0 atom stereocenters. The molecule has 5 heteroatoms. The summed E-state index contributed by atoms with van der Waals surface area (Å²) in [6, 6.07) is 0. The van der Waals surface area contributed by atoms with Crippen molar-refractivity contribution in [3.8, 4) is 0 Å². The zero-order valence-corrected chi connectivity index (χ0v) is 18.9. The molecule has 0 radical (unpaired) electrons. The van der Waals surface area contributed by atoms with Gasteiger partial charge in [-0.25, -0.2) is 0 Å². The summed E-state index contributed by atoms with van der Waals surface area (Å²) in [7, 11) is 0. The Morgan fingerprint density at radius 2 is 0.640 bits per heavy atom. The van der Waals surface area contributed by atoms with Crippen molar-refractivity contribution in [3.63, 3.8) is 0 Å².